The molecule has 7 nitrogen and oxygen atoms in total. The van der Waals surface area contributed by atoms with Crippen LogP contribution in [0.25, 0.3) is 0 Å². The van der Waals surface area contributed by atoms with Gasteiger partial charge in [0.15, 0.2) is 11.5 Å². The molecule has 0 aliphatic carbocycles. The Kier molecular flexibility index (Phi) is 3.80. The third-order valence-electron chi connectivity index (χ3n) is 3.27. The number of carbonyl (C=O) groups is 2. The number of aliphatic hydroxyl groups is 1. The molecule has 1 amide bonds. The monoisotopic (exact) mass is 281 g/mol. The highest BCUT2D eigenvalue weighted by atomic mass is 16.5. The normalized spacial score (nSPS) is 21.8. The summed E-state index contributed by atoms with van der Waals surface area (Å²) in [7, 11) is 1.35. The van der Waals surface area contributed by atoms with Gasteiger partial charge in [0.2, 0.25) is 0 Å². The molecule has 0 aromatic heterocycles. The fourth-order valence-electron chi connectivity index (χ4n) is 2.29. The van der Waals surface area contributed by atoms with Crippen molar-refractivity contribution in [1.82, 2.24) is 4.90 Å². The predicted octanol–water partition coefficient (Wildman–Crippen LogP) is 0.0608. The second-order valence-electron chi connectivity index (χ2n) is 4.56. The third kappa shape index (κ3) is 2.39. The molecule has 1 fully saturated rings. The van der Waals surface area contributed by atoms with Crippen LogP contribution in [0.2, 0.25) is 0 Å². The Morgan fingerprint density at radius 3 is 2.70 bits per heavy atom. The summed E-state index contributed by atoms with van der Waals surface area (Å²) in [4.78, 5) is 24.5. The zero-order chi connectivity index (χ0) is 14.9. The molecule has 0 saturated carbocycles. The van der Waals surface area contributed by atoms with Gasteiger partial charge in [-0.3, -0.25) is 4.79 Å². The topological polar surface area (TPSA) is 107 Å². The predicted molar refractivity (Wildman–Crippen MR) is 67.7 cm³/mol. The van der Waals surface area contributed by atoms with Crippen molar-refractivity contribution in [2.75, 3.05) is 13.7 Å². The molecule has 0 bridgehead atoms. The lowest BCUT2D eigenvalue weighted by atomic mass is 10.1. The molecule has 1 heterocycles. The van der Waals surface area contributed by atoms with Crippen molar-refractivity contribution in [2.45, 2.75) is 18.6 Å². The summed E-state index contributed by atoms with van der Waals surface area (Å²) in [6.45, 7) is -0.0769. The highest BCUT2D eigenvalue weighted by Crippen LogP contribution is 2.32. The summed E-state index contributed by atoms with van der Waals surface area (Å²) in [6, 6.07) is 3.29. The molecule has 0 unspecified atom stereocenters. The first-order valence-corrected chi connectivity index (χ1v) is 6.03. The average molecular weight is 281 g/mol. The largest absolute Gasteiger partial charge is 0.504 e. The maximum atomic E-state index is 12.3. The molecule has 0 spiro atoms. The molecule has 1 aromatic carbocycles. The van der Waals surface area contributed by atoms with Gasteiger partial charge in [-0.1, -0.05) is 6.07 Å². The summed E-state index contributed by atoms with van der Waals surface area (Å²) in [6.07, 6.45) is -0.904. The third-order valence-corrected chi connectivity index (χ3v) is 3.27. The van der Waals surface area contributed by atoms with Crippen molar-refractivity contribution in [1.29, 1.82) is 0 Å². The minimum atomic E-state index is -1.18. The number of rotatable bonds is 3. The van der Waals surface area contributed by atoms with E-state index in [0.717, 1.165) is 4.90 Å². The molecule has 1 aliphatic heterocycles. The summed E-state index contributed by atoms with van der Waals surface area (Å²) in [5.74, 6) is -2.05. The molecule has 7 heteroatoms. The number of nitrogens with zero attached hydrogens (tertiary/aromatic N) is 1. The van der Waals surface area contributed by atoms with Crippen molar-refractivity contribution in [3.8, 4) is 11.5 Å². The molecule has 3 N–H and O–H groups in total. The molecule has 1 aromatic rings. The van der Waals surface area contributed by atoms with Gasteiger partial charge in [-0.15, -0.1) is 0 Å². The number of amides is 1. The number of phenolic OH excluding ortho intramolecular Hbond substituents is 1. The SMILES string of the molecule is COc1cccc(C(=O)N2C[C@H](O)C[C@@H]2C(=O)O)c1O. The van der Waals surface area contributed by atoms with E-state index in [4.69, 9.17) is 9.84 Å². The number of aliphatic carboxylic acids is 1. The molecule has 1 saturated heterocycles. The van der Waals surface area contributed by atoms with Gasteiger partial charge in [0.25, 0.3) is 5.91 Å². The Balaban J connectivity index is 2.34. The number of hydrogen-bond donors (Lipinski definition) is 3. The molecule has 20 heavy (non-hydrogen) atoms. The van der Waals surface area contributed by atoms with E-state index in [1.165, 1.54) is 25.3 Å². The van der Waals surface area contributed by atoms with Crippen molar-refractivity contribution in [3.05, 3.63) is 23.8 Å². The van der Waals surface area contributed by atoms with Crippen molar-refractivity contribution in [2.24, 2.45) is 0 Å². The van der Waals surface area contributed by atoms with Crippen LogP contribution in [-0.2, 0) is 4.79 Å². The summed E-state index contributed by atoms with van der Waals surface area (Å²) >= 11 is 0. The number of carboxylic acid groups (broad SMARTS) is 1. The molecule has 108 valence electrons. The molecule has 1 aliphatic rings. The van der Waals surface area contributed by atoms with Crippen LogP contribution in [0, 0.1) is 0 Å². The van der Waals surface area contributed by atoms with E-state index in [1.54, 1.807) is 0 Å². The number of methoxy groups -OCH3 is 1. The Morgan fingerprint density at radius 2 is 2.10 bits per heavy atom. The van der Waals surface area contributed by atoms with Gasteiger partial charge in [0.1, 0.15) is 6.04 Å². The number of likely N-dealkylation sites (tertiary alicyclic amines) is 1. The Labute approximate surface area is 115 Å². The maximum absolute atomic E-state index is 12.3. The Hall–Kier alpha value is -2.28. The highest BCUT2D eigenvalue weighted by molar-refractivity contribution is 5.99. The van der Waals surface area contributed by atoms with Crippen LogP contribution in [0.5, 0.6) is 11.5 Å². The average Bonchev–Trinajstić information content (AvgIpc) is 2.80. The van der Waals surface area contributed by atoms with E-state index in [9.17, 15) is 19.8 Å². The quantitative estimate of drug-likeness (QED) is 0.723. The molecule has 0 radical (unpaired) electrons. The first-order chi connectivity index (χ1) is 9.45. The van der Waals surface area contributed by atoms with E-state index >= 15 is 0 Å². The maximum Gasteiger partial charge on any atom is 0.326 e. The van der Waals surface area contributed by atoms with Gasteiger partial charge in [0.05, 0.1) is 18.8 Å². The lowest BCUT2D eigenvalue weighted by Gasteiger charge is -2.21. The summed E-state index contributed by atoms with van der Waals surface area (Å²) in [5.41, 5.74) is -0.0512. The van der Waals surface area contributed by atoms with Gasteiger partial charge < -0.3 is 25.0 Å². The van der Waals surface area contributed by atoms with Crippen LogP contribution in [0.15, 0.2) is 18.2 Å². The van der Waals surface area contributed by atoms with Gasteiger partial charge in [0, 0.05) is 13.0 Å². The van der Waals surface area contributed by atoms with Crippen LogP contribution in [0.1, 0.15) is 16.8 Å². The number of ether oxygens (including phenoxy) is 1. The smallest absolute Gasteiger partial charge is 0.326 e. The van der Waals surface area contributed by atoms with Crippen LogP contribution < -0.4 is 4.74 Å². The number of carbonyl (C=O) groups excluding carboxylic acids is 1. The number of benzene rings is 1. The minimum Gasteiger partial charge on any atom is -0.504 e. The molecular weight excluding hydrogens is 266 g/mol. The number of para-hydroxylation sites is 1. The fourth-order valence-corrected chi connectivity index (χ4v) is 2.29. The van der Waals surface area contributed by atoms with Gasteiger partial charge in [-0.2, -0.15) is 0 Å². The number of phenols is 1. The number of aliphatic hydroxyl groups excluding tert-OH is 1. The van der Waals surface area contributed by atoms with E-state index in [2.05, 4.69) is 0 Å². The van der Waals surface area contributed by atoms with Gasteiger partial charge >= 0.3 is 5.97 Å². The lowest BCUT2D eigenvalue weighted by Crippen LogP contribution is -2.40. The van der Waals surface area contributed by atoms with E-state index < -0.39 is 24.0 Å². The molecule has 2 atom stereocenters. The fraction of sp³-hybridized carbons (Fsp3) is 0.385. The van der Waals surface area contributed by atoms with E-state index in [1.807, 2.05) is 0 Å². The van der Waals surface area contributed by atoms with Crippen LogP contribution in [0.3, 0.4) is 0 Å². The number of carboxylic acids is 1. The van der Waals surface area contributed by atoms with Crippen LogP contribution in [0.4, 0.5) is 0 Å². The second kappa shape index (κ2) is 5.38. The zero-order valence-electron chi connectivity index (χ0n) is 10.8. The van der Waals surface area contributed by atoms with E-state index in [0.29, 0.717) is 0 Å². The zero-order valence-corrected chi connectivity index (χ0v) is 10.8. The summed E-state index contributed by atoms with van der Waals surface area (Å²) < 4.78 is 4.91. The van der Waals surface area contributed by atoms with E-state index in [-0.39, 0.29) is 30.0 Å². The first kappa shape index (κ1) is 14.1. The lowest BCUT2D eigenvalue weighted by molar-refractivity contribution is -0.141. The highest BCUT2D eigenvalue weighted by Gasteiger charge is 2.40. The van der Waals surface area contributed by atoms with Crippen molar-refractivity contribution < 1.29 is 29.6 Å². The number of β-amino-alcohol motifs (C(OH)–C–C–N with tert-alkyl or cyclic N) is 1. The number of hydrogen-bond acceptors (Lipinski definition) is 5. The van der Waals surface area contributed by atoms with Crippen molar-refractivity contribution >= 4 is 11.9 Å². The Bertz CT molecular complexity index is 544. The van der Waals surface area contributed by atoms with Crippen LogP contribution in [-0.4, -0.2) is 57.9 Å². The first-order valence-electron chi connectivity index (χ1n) is 6.03. The van der Waals surface area contributed by atoms with Gasteiger partial charge in [-0.25, -0.2) is 4.79 Å². The van der Waals surface area contributed by atoms with Crippen LogP contribution >= 0.6 is 0 Å². The minimum absolute atomic E-state index is 0.0220. The Morgan fingerprint density at radius 1 is 1.40 bits per heavy atom. The van der Waals surface area contributed by atoms with Crippen molar-refractivity contribution in [3.63, 3.8) is 0 Å². The molecule has 2 rings (SSSR count). The standard InChI is InChI=1S/C13H15NO6/c1-20-10-4-2-3-8(11(10)16)12(17)14-6-7(15)5-9(14)13(18)19/h2-4,7,9,15-16H,5-6H2,1H3,(H,18,19)/t7-,9-/m1/s1. The van der Waals surface area contributed by atoms with Gasteiger partial charge in [-0.05, 0) is 12.1 Å². The number of aromatic hydroxyl groups is 1. The second-order valence-corrected chi connectivity index (χ2v) is 4.56. The summed E-state index contributed by atoms with van der Waals surface area (Å²) in [5, 5.41) is 28.5. The molecular formula is C13H15NO6.